The molecule has 130 valence electrons. The average Bonchev–Trinajstić information content (AvgIpc) is 3.14. The third kappa shape index (κ3) is 3.82. The molecular formula is C16H23N5O2S. The Morgan fingerprint density at radius 1 is 1.50 bits per heavy atom. The first kappa shape index (κ1) is 17.1. The molecule has 7 nitrogen and oxygen atoms in total. The molecule has 1 amide bonds. The van der Waals surface area contributed by atoms with Gasteiger partial charge in [0.1, 0.15) is 5.69 Å². The molecule has 1 aliphatic heterocycles. The number of amides is 1. The molecule has 0 bridgehead atoms. The van der Waals surface area contributed by atoms with E-state index in [1.165, 1.54) is 11.3 Å². The molecule has 0 saturated carbocycles. The fourth-order valence-electron chi connectivity index (χ4n) is 2.88. The molecule has 2 N–H and O–H groups in total. The maximum absolute atomic E-state index is 12.6. The number of ether oxygens (including phenoxy) is 1. The zero-order valence-electron chi connectivity index (χ0n) is 14.1. The van der Waals surface area contributed by atoms with Crippen LogP contribution in [0.1, 0.15) is 26.9 Å². The number of aromatic nitrogens is 3. The summed E-state index contributed by atoms with van der Waals surface area (Å²) in [5.41, 5.74) is 8.14. The number of hydrogen-bond acceptors (Lipinski definition) is 6. The van der Waals surface area contributed by atoms with Crippen molar-refractivity contribution >= 4 is 17.2 Å². The van der Waals surface area contributed by atoms with Crippen molar-refractivity contribution < 1.29 is 9.53 Å². The van der Waals surface area contributed by atoms with Gasteiger partial charge in [-0.1, -0.05) is 0 Å². The molecule has 1 aliphatic rings. The Balaban J connectivity index is 1.64. The number of nitrogens with two attached hydrogens (primary N) is 1. The zero-order valence-corrected chi connectivity index (χ0v) is 14.9. The Labute approximate surface area is 145 Å². The Bertz CT molecular complexity index is 711. The lowest BCUT2D eigenvalue weighted by Crippen LogP contribution is -2.47. The summed E-state index contributed by atoms with van der Waals surface area (Å²) in [4.78, 5) is 18.9. The van der Waals surface area contributed by atoms with Crippen LogP contribution in [0.4, 0.5) is 0 Å². The molecule has 24 heavy (non-hydrogen) atoms. The predicted molar refractivity (Wildman–Crippen MR) is 92.2 cm³/mol. The van der Waals surface area contributed by atoms with Gasteiger partial charge in [0.2, 0.25) is 0 Å². The fourth-order valence-corrected chi connectivity index (χ4v) is 3.66. The molecule has 0 spiro atoms. The van der Waals surface area contributed by atoms with Crippen LogP contribution < -0.4 is 5.73 Å². The molecule has 2 aromatic heterocycles. The molecule has 1 fully saturated rings. The van der Waals surface area contributed by atoms with Gasteiger partial charge in [0, 0.05) is 30.6 Å². The van der Waals surface area contributed by atoms with Crippen molar-refractivity contribution in [3.63, 3.8) is 0 Å². The number of thiazole rings is 1. The van der Waals surface area contributed by atoms with Crippen LogP contribution in [0.25, 0.3) is 0 Å². The molecule has 0 radical (unpaired) electrons. The molecular weight excluding hydrogens is 326 g/mol. The van der Waals surface area contributed by atoms with E-state index in [1.54, 1.807) is 0 Å². The normalized spacial score (nSPS) is 18.1. The highest BCUT2D eigenvalue weighted by molar-refractivity contribution is 7.09. The quantitative estimate of drug-likeness (QED) is 0.870. The highest BCUT2D eigenvalue weighted by Crippen LogP contribution is 2.16. The summed E-state index contributed by atoms with van der Waals surface area (Å²) >= 11 is 1.49. The molecule has 0 aromatic carbocycles. The van der Waals surface area contributed by atoms with E-state index in [1.807, 2.05) is 34.9 Å². The summed E-state index contributed by atoms with van der Waals surface area (Å²) in [7, 11) is 0. The van der Waals surface area contributed by atoms with Gasteiger partial charge in [-0.3, -0.25) is 9.48 Å². The average molecular weight is 349 g/mol. The maximum Gasteiger partial charge on any atom is 0.273 e. The van der Waals surface area contributed by atoms with Crippen LogP contribution >= 0.6 is 11.3 Å². The number of hydrogen-bond donors (Lipinski definition) is 1. The zero-order chi connectivity index (χ0) is 17.1. The lowest BCUT2D eigenvalue weighted by atomic mass is 10.2. The van der Waals surface area contributed by atoms with Crippen molar-refractivity contribution in [3.8, 4) is 0 Å². The van der Waals surface area contributed by atoms with Crippen LogP contribution in [0.15, 0.2) is 11.4 Å². The summed E-state index contributed by atoms with van der Waals surface area (Å²) in [5.74, 6) is -0.0313. The van der Waals surface area contributed by atoms with E-state index in [-0.39, 0.29) is 12.0 Å². The van der Waals surface area contributed by atoms with E-state index in [4.69, 9.17) is 10.5 Å². The highest BCUT2D eigenvalue weighted by Gasteiger charge is 2.27. The van der Waals surface area contributed by atoms with Gasteiger partial charge in [-0.25, -0.2) is 4.98 Å². The smallest absolute Gasteiger partial charge is 0.273 e. The van der Waals surface area contributed by atoms with Crippen molar-refractivity contribution in [1.29, 1.82) is 0 Å². The molecule has 0 aliphatic carbocycles. The summed E-state index contributed by atoms with van der Waals surface area (Å²) < 4.78 is 7.76. The van der Waals surface area contributed by atoms with Gasteiger partial charge in [-0.15, -0.1) is 11.3 Å². The van der Waals surface area contributed by atoms with Gasteiger partial charge in [-0.05, 0) is 26.5 Å². The third-order valence-corrected chi connectivity index (χ3v) is 4.94. The number of nitrogens with zero attached hydrogens (tertiary/aromatic N) is 4. The van der Waals surface area contributed by atoms with Crippen LogP contribution in [0.2, 0.25) is 0 Å². The molecule has 3 rings (SSSR count). The second-order valence-electron chi connectivity index (χ2n) is 6.02. The van der Waals surface area contributed by atoms with Crippen LogP contribution in [-0.4, -0.2) is 57.9 Å². The number of aryl methyl sites for hydroxylation is 2. The Morgan fingerprint density at radius 2 is 2.33 bits per heavy atom. The van der Waals surface area contributed by atoms with Crippen molar-refractivity contribution in [3.05, 3.63) is 33.5 Å². The van der Waals surface area contributed by atoms with Crippen LogP contribution in [0, 0.1) is 13.8 Å². The predicted octanol–water partition coefficient (Wildman–Crippen LogP) is 0.999. The fraction of sp³-hybridized carbons (Fsp3) is 0.562. The topological polar surface area (TPSA) is 86.3 Å². The molecule has 2 aromatic rings. The Morgan fingerprint density at radius 3 is 3.04 bits per heavy atom. The number of carbonyl (C=O) groups is 1. The minimum Gasteiger partial charge on any atom is -0.373 e. The highest BCUT2D eigenvalue weighted by atomic mass is 32.1. The van der Waals surface area contributed by atoms with Gasteiger partial charge in [0.15, 0.2) is 0 Å². The number of rotatable bonds is 5. The maximum atomic E-state index is 12.6. The standard InChI is InChI=1S/C16H23N5O2S/c1-11-7-12(2)21(19-11)9-13-8-20(5-6-23-13)16(22)14-10-24-15(18-14)3-4-17/h7,10,13H,3-6,8-9,17H2,1-2H3. The van der Waals surface area contributed by atoms with Gasteiger partial charge in [-0.2, -0.15) is 5.10 Å². The van der Waals surface area contributed by atoms with E-state index in [9.17, 15) is 4.79 Å². The summed E-state index contributed by atoms with van der Waals surface area (Å²) in [6, 6.07) is 2.04. The Hall–Kier alpha value is -1.77. The van der Waals surface area contributed by atoms with Crippen molar-refractivity contribution in [2.75, 3.05) is 26.2 Å². The van der Waals surface area contributed by atoms with Gasteiger partial charge in [0.05, 0.1) is 30.0 Å². The lowest BCUT2D eigenvalue weighted by Gasteiger charge is -2.32. The number of morpholine rings is 1. The van der Waals surface area contributed by atoms with E-state index < -0.39 is 0 Å². The summed E-state index contributed by atoms with van der Waals surface area (Å²) in [6.07, 6.45) is 0.657. The lowest BCUT2D eigenvalue weighted by molar-refractivity contribution is -0.0304. The second-order valence-corrected chi connectivity index (χ2v) is 6.96. The first-order chi connectivity index (χ1) is 11.6. The van der Waals surface area contributed by atoms with Crippen molar-refractivity contribution in [2.45, 2.75) is 32.9 Å². The first-order valence-electron chi connectivity index (χ1n) is 8.13. The van der Waals surface area contributed by atoms with E-state index in [0.29, 0.717) is 44.9 Å². The minimum atomic E-state index is -0.0529. The van der Waals surface area contributed by atoms with E-state index in [2.05, 4.69) is 10.1 Å². The molecule has 8 heteroatoms. The van der Waals surface area contributed by atoms with Crippen molar-refractivity contribution in [1.82, 2.24) is 19.7 Å². The largest absolute Gasteiger partial charge is 0.373 e. The second kappa shape index (κ2) is 7.42. The van der Waals surface area contributed by atoms with Gasteiger partial charge < -0.3 is 15.4 Å². The van der Waals surface area contributed by atoms with Crippen molar-refractivity contribution in [2.24, 2.45) is 5.73 Å². The van der Waals surface area contributed by atoms with E-state index >= 15 is 0 Å². The first-order valence-corrected chi connectivity index (χ1v) is 9.01. The van der Waals surface area contributed by atoms with Crippen LogP contribution in [0.5, 0.6) is 0 Å². The third-order valence-electron chi connectivity index (χ3n) is 4.03. The van der Waals surface area contributed by atoms with Gasteiger partial charge >= 0.3 is 0 Å². The van der Waals surface area contributed by atoms with Crippen LogP contribution in [0.3, 0.4) is 0 Å². The number of carbonyl (C=O) groups excluding carboxylic acids is 1. The molecule has 3 heterocycles. The monoisotopic (exact) mass is 349 g/mol. The molecule has 1 atom stereocenters. The molecule has 1 unspecified atom stereocenters. The summed E-state index contributed by atoms with van der Waals surface area (Å²) in [6.45, 7) is 6.89. The SMILES string of the molecule is Cc1cc(C)n(CC2CN(C(=O)c3csc(CCN)n3)CCO2)n1. The van der Waals surface area contributed by atoms with Gasteiger partial charge in [0.25, 0.3) is 5.91 Å². The van der Waals surface area contributed by atoms with Crippen LogP contribution in [-0.2, 0) is 17.7 Å². The Kier molecular flexibility index (Phi) is 5.27. The van der Waals surface area contributed by atoms with E-state index in [0.717, 1.165) is 16.4 Å². The minimum absolute atomic E-state index is 0.0313. The molecule has 1 saturated heterocycles. The summed E-state index contributed by atoms with van der Waals surface area (Å²) in [5, 5.41) is 7.20.